The van der Waals surface area contributed by atoms with Gasteiger partial charge in [0.15, 0.2) is 6.61 Å². The van der Waals surface area contributed by atoms with Crippen LogP contribution in [-0.4, -0.2) is 57.0 Å². The molecule has 0 unspecified atom stereocenters. The van der Waals surface area contributed by atoms with Crippen molar-refractivity contribution in [1.29, 1.82) is 0 Å². The lowest BCUT2D eigenvalue weighted by Gasteiger charge is -2.36. The molecule has 6 nitrogen and oxygen atoms in total. The second-order valence-electron chi connectivity index (χ2n) is 6.04. The van der Waals surface area contributed by atoms with Gasteiger partial charge in [0.05, 0.1) is 7.11 Å². The molecule has 6 heteroatoms. The van der Waals surface area contributed by atoms with E-state index in [-0.39, 0.29) is 12.5 Å². The molecule has 0 aliphatic carbocycles. The molecular weight excluding hydrogens is 332 g/mol. The summed E-state index contributed by atoms with van der Waals surface area (Å²) in [5, 5.41) is 0. The second kappa shape index (κ2) is 8.38. The van der Waals surface area contributed by atoms with Gasteiger partial charge >= 0.3 is 0 Å². The number of aldehydes is 1. The quantitative estimate of drug-likeness (QED) is 0.745. The van der Waals surface area contributed by atoms with E-state index in [0.29, 0.717) is 24.4 Å². The number of anilines is 1. The monoisotopic (exact) mass is 354 g/mol. The van der Waals surface area contributed by atoms with Gasteiger partial charge < -0.3 is 19.3 Å². The number of piperazine rings is 1. The van der Waals surface area contributed by atoms with Crippen molar-refractivity contribution in [3.63, 3.8) is 0 Å². The smallest absolute Gasteiger partial charge is 0.260 e. The van der Waals surface area contributed by atoms with E-state index < -0.39 is 0 Å². The Morgan fingerprint density at radius 3 is 2.42 bits per heavy atom. The number of carbonyl (C=O) groups excluding carboxylic acids is 2. The van der Waals surface area contributed by atoms with E-state index in [9.17, 15) is 9.59 Å². The van der Waals surface area contributed by atoms with Crippen LogP contribution in [0, 0.1) is 0 Å². The van der Waals surface area contributed by atoms with Crippen LogP contribution in [0.15, 0.2) is 48.5 Å². The Morgan fingerprint density at radius 2 is 1.77 bits per heavy atom. The van der Waals surface area contributed by atoms with Crippen LogP contribution in [0.2, 0.25) is 0 Å². The van der Waals surface area contributed by atoms with Crippen LogP contribution in [0.1, 0.15) is 10.4 Å². The highest BCUT2D eigenvalue weighted by Crippen LogP contribution is 2.20. The predicted molar refractivity (Wildman–Crippen MR) is 99.1 cm³/mol. The number of hydrogen-bond donors (Lipinski definition) is 0. The average molecular weight is 354 g/mol. The van der Waals surface area contributed by atoms with E-state index in [1.54, 1.807) is 31.4 Å². The first kappa shape index (κ1) is 17.8. The molecule has 26 heavy (non-hydrogen) atoms. The predicted octanol–water partition coefficient (Wildman–Crippen LogP) is 2.24. The molecule has 1 amide bonds. The molecule has 2 aromatic rings. The Hall–Kier alpha value is -3.02. The molecule has 136 valence electrons. The minimum atomic E-state index is -0.0455. The van der Waals surface area contributed by atoms with E-state index in [1.807, 2.05) is 29.2 Å². The van der Waals surface area contributed by atoms with Crippen molar-refractivity contribution < 1.29 is 19.1 Å². The van der Waals surface area contributed by atoms with Crippen LogP contribution in [-0.2, 0) is 4.79 Å². The molecule has 3 rings (SSSR count). The minimum Gasteiger partial charge on any atom is -0.497 e. The molecule has 2 aromatic carbocycles. The number of nitrogens with zero attached hydrogens (tertiary/aromatic N) is 2. The van der Waals surface area contributed by atoms with Gasteiger partial charge in [-0.25, -0.2) is 0 Å². The molecular formula is C20H22N2O4. The molecule has 1 saturated heterocycles. The Bertz CT molecular complexity index is 753. The molecule has 0 radical (unpaired) electrons. The standard InChI is InChI=1S/C20H22N2O4/c1-25-18-7-5-17(6-8-18)21-9-11-22(12-10-21)20(24)15-26-19-4-2-3-16(13-19)14-23/h2-8,13-14H,9-12,15H2,1H3. The molecule has 0 aromatic heterocycles. The average Bonchev–Trinajstić information content (AvgIpc) is 2.72. The third-order valence-electron chi connectivity index (χ3n) is 4.43. The first-order valence-electron chi connectivity index (χ1n) is 8.54. The Labute approximate surface area is 152 Å². The zero-order chi connectivity index (χ0) is 18.4. The molecule has 1 aliphatic rings. The number of hydrogen-bond acceptors (Lipinski definition) is 5. The summed E-state index contributed by atoms with van der Waals surface area (Å²) < 4.78 is 10.7. The van der Waals surface area contributed by atoms with E-state index in [0.717, 1.165) is 30.8 Å². The fraction of sp³-hybridized carbons (Fsp3) is 0.300. The maximum atomic E-state index is 12.3. The van der Waals surface area contributed by atoms with E-state index in [1.165, 1.54) is 0 Å². The first-order valence-corrected chi connectivity index (χ1v) is 8.54. The van der Waals surface area contributed by atoms with Crippen molar-refractivity contribution in [2.24, 2.45) is 0 Å². The fourth-order valence-corrected chi connectivity index (χ4v) is 2.92. The second-order valence-corrected chi connectivity index (χ2v) is 6.04. The Morgan fingerprint density at radius 1 is 1.04 bits per heavy atom. The molecule has 0 saturated carbocycles. The summed E-state index contributed by atoms with van der Waals surface area (Å²) in [4.78, 5) is 27.2. The number of rotatable bonds is 6. The molecule has 1 fully saturated rings. The summed E-state index contributed by atoms with van der Waals surface area (Å²) in [6.45, 7) is 2.84. The lowest BCUT2D eigenvalue weighted by Crippen LogP contribution is -2.50. The summed E-state index contributed by atoms with van der Waals surface area (Å²) >= 11 is 0. The van der Waals surface area contributed by atoms with Crippen molar-refractivity contribution in [1.82, 2.24) is 4.90 Å². The molecule has 0 atom stereocenters. The van der Waals surface area contributed by atoms with Gasteiger partial charge in [0, 0.05) is 37.4 Å². The summed E-state index contributed by atoms with van der Waals surface area (Å²) in [5.41, 5.74) is 1.66. The summed E-state index contributed by atoms with van der Waals surface area (Å²) in [6, 6.07) is 14.7. The van der Waals surface area contributed by atoms with Crippen LogP contribution < -0.4 is 14.4 Å². The Balaban J connectivity index is 1.49. The van der Waals surface area contributed by atoms with Gasteiger partial charge in [0.25, 0.3) is 5.91 Å². The van der Waals surface area contributed by atoms with Crippen LogP contribution in [0.4, 0.5) is 5.69 Å². The number of methoxy groups -OCH3 is 1. The van der Waals surface area contributed by atoms with Crippen LogP contribution in [0.5, 0.6) is 11.5 Å². The molecule has 1 heterocycles. The zero-order valence-corrected chi connectivity index (χ0v) is 14.8. The lowest BCUT2D eigenvalue weighted by molar-refractivity contribution is -0.133. The topological polar surface area (TPSA) is 59.1 Å². The van der Waals surface area contributed by atoms with E-state index >= 15 is 0 Å². The highest BCUT2D eigenvalue weighted by atomic mass is 16.5. The third-order valence-corrected chi connectivity index (χ3v) is 4.43. The van der Waals surface area contributed by atoms with Crippen LogP contribution >= 0.6 is 0 Å². The fourth-order valence-electron chi connectivity index (χ4n) is 2.92. The van der Waals surface area contributed by atoms with Gasteiger partial charge in [-0.2, -0.15) is 0 Å². The highest BCUT2D eigenvalue weighted by Gasteiger charge is 2.21. The minimum absolute atomic E-state index is 0.0230. The molecule has 1 aliphatic heterocycles. The van der Waals surface area contributed by atoms with Crippen LogP contribution in [0.25, 0.3) is 0 Å². The van der Waals surface area contributed by atoms with Crippen molar-refractivity contribution >= 4 is 17.9 Å². The number of carbonyl (C=O) groups is 2. The first-order chi connectivity index (χ1) is 12.7. The van der Waals surface area contributed by atoms with Gasteiger partial charge in [-0.05, 0) is 36.4 Å². The van der Waals surface area contributed by atoms with Crippen molar-refractivity contribution in [3.8, 4) is 11.5 Å². The molecule has 0 N–H and O–H groups in total. The summed E-state index contributed by atoms with van der Waals surface area (Å²) in [6.07, 6.45) is 0.757. The molecule has 0 bridgehead atoms. The SMILES string of the molecule is COc1ccc(N2CCN(C(=O)COc3cccc(C=O)c3)CC2)cc1. The number of ether oxygens (including phenoxy) is 2. The van der Waals surface area contributed by atoms with Crippen LogP contribution in [0.3, 0.4) is 0 Å². The maximum Gasteiger partial charge on any atom is 0.260 e. The van der Waals surface area contributed by atoms with Gasteiger partial charge in [0.2, 0.25) is 0 Å². The number of benzene rings is 2. The van der Waals surface area contributed by atoms with E-state index in [2.05, 4.69) is 4.90 Å². The zero-order valence-electron chi connectivity index (χ0n) is 14.8. The largest absolute Gasteiger partial charge is 0.497 e. The summed E-state index contributed by atoms with van der Waals surface area (Å²) in [7, 11) is 1.65. The van der Waals surface area contributed by atoms with Gasteiger partial charge in [-0.3, -0.25) is 9.59 Å². The van der Waals surface area contributed by atoms with Gasteiger partial charge in [-0.15, -0.1) is 0 Å². The van der Waals surface area contributed by atoms with Crippen molar-refractivity contribution in [2.45, 2.75) is 0 Å². The van der Waals surface area contributed by atoms with Gasteiger partial charge in [-0.1, -0.05) is 12.1 Å². The van der Waals surface area contributed by atoms with Gasteiger partial charge in [0.1, 0.15) is 17.8 Å². The third kappa shape index (κ3) is 4.33. The van der Waals surface area contributed by atoms with E-state index in [4.69, 9.17) is 9.47 Å². The summed E-state index contributed by atoms with van der Waals surface area (Å²) in [5.74, 6) is 1.31. The lowest BCUT2D eigenvalue weighted by atomic mass is 10.2. The normalized spacial score (nSPS) is 14.0. The van der Waals surface area contributed by atoms with Crippen molar-refractivity contribution in [2.75, 3.05) is 44.8 Å². The van der Waals surface area contributed by atoms with Crippen molar-refractivity contribution in [3.05, 3.63) is 54.1 Å². The highest BCUT2D eigenvalue weighted by molar-refractivity contribution is 5.78. The number of amides is 1. The molecule has 0 spiro atoms. The Kier molecular flexibility index (Phi) is 5.73. The maximum absolute atomic E-state index is 12.3.